The molecule has 12 nitrogen and oxygen atoms in total. The molecule has 3 atom stereocenters. The molecular formula is C36H44N4O8. The number of nitrogens with zero attached hydrogens (tertiary/aromatic N) is 1. The van der Waals surface area contributed by atoms with Gasteiger partial charge in [-0.1, -0.05) is 81.1 Å². The van der Waals surface area contributed by atoms with Crippen molar-refractivity contribution in [2.24, 2.45) is 5.92 Å². The number of para-hydroxylation sites is 1. The van der Waals surface area contributed by atoms with E-state index in [1.54, 1.807) is 65.0 Å². The van der Waals surface area contributed by atoms with Crippen molar-refractivity contribution in [3.63, 3.8) is 0 Å². The van der Waals surface area contributed by atoms with Crippen LogP contribution in [0.15, 0.2) is 79.4 Å². The Labute approximate surface area is 280 Å². The number of fused-ring (bicyclic) bond motifs is 1. The molecule has 256 valence electrons. The Balaban J connectivity index is 1.88. The van der Waals surface area contributed by atoms with E-state index in [0.717, 1.165) is 5.39 Å². The van der Waals surface area contributed by atoms with E-state index in [0.29, 0.717) is 16.8 Å². The predicted molar refractivity (Wildman–Crippen MR) is 179 cm³/mol. The number of rotatable bonds is 15. The summed E-state index contributed by atoms with van der Waals surface area (Å²) >= 11 is 0. The number of alkyl carbamates (subject to hydrolysis) is 1. The van der Waals surface area contributed by atoms with E-state index in [1.807, 2.05) is 36.4 Å². The molecule has 2 aromatic carbocycles. The van der Waals surface area contributed by atoms with Crippen LogP contribution in [0.4, 0.5) is 4.79 Å². The maximum Gasteiger partial charge on any atom is 0.408 e. The lowest BCUT2D eigenvalue weighted by Crippen LogP contribution is -2.57. The van der Waals surface area contributed by atoms with E-state index >= 15 is 0 Å². The maximum absolute atomic E-state index is 13.8. The number of carbonyl (C=O) groups excluding carboxylic acids is 5. The number of hydrogen-bond acceptors (Lipinski definition) is 9. The number of benzene rings is 2. The second-order valence-electron chi connectivity index (χ2n) is 12.5. The molecule has 3 amide bonds. The largest absolute Gasteiger partial charge is 0.460 e. The maximum atomic E-state index is 13.8. The van der Waals surface area contributed by atoms with Crippen LogP contribution in [0.3, 0.4) is 0 Å². The summed E-state index contributed by atoms with van der Waals surface area (Å²) in [6.07, 6.45) is -0.167. The molecule has 0 bridgehead atoms. The monoisotopic (exact) mass is 660 g/mol. The van der Waals surface area contributed by atoms with Crippen molar-refractivity contribution in [1.82, 2.24) is 20.9 Å². The van der Waals surface area contributed by atoms with E-state index in [9.17, 15) is 24.0 Å². The van der Waals surface area contributed by atoms with Gasteiger partial charge in [-0.25, -0.2) is 9.59 Å². The van der Waals surface area contributed by atoms with Crippen molar-refractivity contribution in [3.8, 4) is 0 Å². The number of esters is 2. The molecule has 3 rings (SSSR count). The molecule has 0 aliphatic carbocycles. The highest BCUT2D eigenvalue weighted by atomic mass is 16.6. The van der Waals surface area contributed by atoms with Crippen molar-refractivity contribution >= 4 is 40.7 Å². The van der Waals surface area contributed by atoms with Gasteiger partial charge in [-0.2, -0.15) is 0 Å². The van der Waals surface area contributed by atoms with Crippen LogP contribution in [0.5, 0.6) is 0 Å². The molecule has 0 saturated carbocycles. The third kappa shape index (κ3) is 12.2. The van der Waals surface area contributed by atoms with Gasteiger partial charge in [-0.3, -0.25) is 19.4 Å². The minimum Gasteiger partial charge on any atom is -0.460 e. The first-order valence-electron chi connectivity index (χ1n) is 15.7. The molecule has 0 spiro atoms. The van der Waals surface area contributed by atoms with Crippen LogP contribution in [0, 0.1) is 5.92 Å². The summed E-state index contributed by atoms with van der Waals surface area (Å²) in [6, 6.07) is 16.1. The minimum absolute atomic E-state index is 0.0442. The number of pyridine rings is 1. The molecule has 1 heterocycles. The van der Waals surface area contributed by atoms with Crippen molar-refractivity contribution in [1.29, 1.82) is 0 Å². The predicted octanol–water partition coefficient (Wildman–Crippen LogP) is 4.16. The highest BCUT2D eigenvalue weighted by Gasteiger charge is 2.33. The summed E-state index contributed by atoms with van der Waals surface area (Å²) in [4.78, 5) is 70.5. The van der Waals surface area contributed by atoms with Crippen LogP contribution in [-0.2, 0) is 46.4 Å². The van der Waals surface area contributed by atoms with Crippen molar-refractivity contribution in [3.05, 3.63) is 90.6 Å². The summed E-state index contributed by atoms with van der Waals surface area (Å²) in [6.45, 7) is 11.9. The van der Waals surface area contributed by atoms with Gasteiger partial charge in [0, 0.05) is 17.5 Å². The Kier molecular flexibility index (Phi) is 13.6. The van der Waals surface area contributed by atoms with Gasteiger partial charge in [0.05, 0.1) is 11.9 Å². The molecule has 0 radical (unpaired) electrons. The topological polar surface area (TPSA) is 162 Å². The van der Waals surface area contributed by atoms with Crippen LogP contribution in [-0.4, -0.2) is 65.2 Å². The van der Waals surface area contributed by atoms with Gasteiger partial charge in [-0.05, 0) is 44.4 Å². The molecule has 12 heteroatoms. The Morgan fingerprint density at radius 2 is 1.50 bits per heavy atom. The number of aromatic nitrogens is 1. The van der Waals surface area contributed by atoms with E-state index in [2.05, 4.69) is 27.5 Å². The van der Waals surface area contributed by atoms with Gasteiger partial charge in [0.25, 0.3) is 0 Å². The van der Waals surface area contributed by atoms with E-state index in [1.165, 1.54) is 6.08 Å². The zero-order valence-corrected chi connectivity index (χ0v) is 28.0. The van der Waals surface area contributed by atoms with Gasteiger partial charge in [-0.15, -0.1) is 0 Å². The lowest BCUT2D eigenvalue weighted by Gasteiger charge is -2.26. The second kappa shape index (κ2) is 17.6. The SMILES string of the molecule is C=CCOC(=O)[C@@H](NC(=O)[C@H](Cc1ccc2ccccc2n1)NC(=O)[C@H](CC(=O)OC(C)(C)C)NC(=O)OCc1ccccc1)C(C)C. The standard InChI is InChI=1S/C36H44N4O8/c1-7-19-46-34(44)31(23(2)3)40-33(43)28(20-26-18-17-25-15-11-12-16-27(25)37-26)38-32(42)29(21-30(41)48-36(4,5)6)39-35(45)47-22-24-13-9-8-10-14-24/h7-18,23,28-29,31H,1,19-22H2,2-6H3,(H,38,42)(H,39,45)(H,40,43)/t28-,29-,31-/m0/s1. The Morgan fingerprint density at radius 3 is 2.17 bits per heavy atom. The minimum atomic E-state index is -1.47. The lowest BCUT2D eigenvalue weighted by atomic mass is 10.0. The fourth-order valence-electron chi connectivity index (χ4n) is 4.56. The third-order valence-electron chi connectivity index (χ3n) is 6.88. The first-order valence-corrected chi connectivity index (χ1v) is 15.7. The van der Waals surface area contributed by atoms with E-state index in [4.69, 9.17) is 14.2 Å². The van der Waals surface area contributed by atoms with E-state index < -0.39 is 60.0 Å². The van der Waals surface area contributed by atoms with Gasteiger partial charge in [0.15, 0.2) is 0 Å². The highest BCUT2D eigenvalue weighted by Crippen LogP contribution is 2.15. The van der Waals surface area contributed by atoms with Crippen LogP contribution in [0.25, 0.3) is 10.9 Å². The van der Waals surface area contributed by atoms with Crippen molar-refractivity contribution < 1.29 is 38.2 Å². The number of nitrogens with one attached hydrogen (secondary N) is 3. The summed E-state index contributed by atoms with van der Waals surface area (Å²) in [7, 11) is 0. The molecule has 0 aliphatic rings. The van der Waals surface area contributed by atoms with Crippen LogP contribution in [0.2, 0.25) is 0 Å². The zero-order chi connectivity index (χ0) is 35.3. The highest BCUT2D eigenvalue weighted by molar-refractivity contribution is 5.95. The Hall–Kier alpha value is -5.26. The summed E-state index contributed by atoms with van der Waals surface area (Å²) in [5.74, 6) is -3.34. The van der Waals surface area contributed by atoms with Crippen molar-refractivity contribution in [2.45, 2.75) is 77.8 Å². The van der Waals surface area contributed by atoms with Crippen molar-refractivity contribution in [2.75, 3.05) is 6.61 Å². The zero-order valence-electron chi connectivity index (χ0n) is 28.0. The summed E-state index contributed by atoms with van der Waals surface area (Å²) in [5.41, 5.74) is 1.01. The smallest absolute Gasteiger partial charge is 0.408 e. The van der Waals surface area contributed by atoms with Gasteiger partial charge >= 0.3 is 18.0 Å². The average molecular weight is 661 g/mol. The summed E-state index contributed by atoms with van der Waals surface area (Å²) in [5, 5.41) is 8.65. The van der Waals surface area contributed by atoms with Crippen LogP contribution < -0.4 is 16.0 Å². The molecule has 0 aliphatic heterocycles. The van der Waals surface area contributed by atoms with Crippen LogP contribution in [0.1, 0.15) is 52.3 Å². The fraction of sp³-hybridized carbons (Fsp3) is 0.389. The van der Waals surface area contributed by atoms with Gasteiger partial charge in [0.1, 0.15) is 36.9 Å². The Morgan fingerprint density at radius 1 is 0.833 bits per heavy atom. The Bertz CT molecular complexity index is 1590. The molecular weight excluding hydrogens is 616 g/mol. The number of carbonyl (C=O) groups is 5. The van der Waals surface area contributed by atoms with Crippen LogP contribution >= 0.6 is 0 Å². The first-order chi connectivity index (χ1) is 22.8. The average Bonchev–Trinajstić information content (AvgIpc) is 3.03. The normalized spacial score (nSPS) is 13.0. The van der Waals surface area contributed by atoms with Gasteiger partial charge in [0.2, 0.25) is 11.8 Å². The third-order valence-corrected chi connectivity index (χ3v) is 6.88. The molecule has 3 aromatic rings. The number of hydrogen-bond donors (Lipinski definition) is 3. The second-order valence-corrected chi connectivity index (χ2v) is 12.5. The van der Waals surface area contributed by atoms with Gasteiger partial charge < -0.3 is 30.2 Å². The molecule has 1 aromatic heterocycles. The number of amides is 3. The molecule has 0 fully saturated rings. The quantitative estimate of drug-likeness (QED) is 0.123. The lowest BCUT2D eigenvalue weighted by molar-refractivity contribution is -0.156. The number of ether oxygens (including phenoxy) is 3. The molecule has 3 N–H and O–H groups in total. The molecule has 0 saturated heterocycles. The fourth-order valence-corrected chi connectivity index (χ4v) is 4.56. The first kappa shape index (κ1) is 37.2. The van der Waals surface area contributed by atoms with E-state index in [-0.39, 0.29) is 25.6 Å². The summed E-state index contributed by atoms with van der Waals surface area (Å²) < 4.78 is 15.9. The molecule has 48 heavy (non-hydrogen) atoms. The molecule has 0 unspecified atom stereocenters.